The number of hydrogen-bond acceptors (Lipinski definition) is 8. The van der Waals surface area contributed by atoms with Crippen molar-refractivity contribution in [3.8, 4) is 11.1 Å². The first kappa shape index (κ1) is 22.2. The van der Waals surface area contributed by atoms with Crippen LogP contribution in [0.3, 0.4) is 0 Å². The Morgan fingerprint density at radius 1 is 0.912 bits per heavy atom. The van der Waals surface area contributed by atoms with Gasteiger partial charge in [-0.25, -0.2) is 15.0 Å². The fraction of sp³-hybridized carbons (Fsp3) is 0.346. The molecule has 34 heavy (non-hydrogen) atoms. The number of nitrogens with zero attached hydrogens (tertiary/aromatic N) is 7. The second-order valence-corrected chi connectivity index (χ2v) is 8.71. The molecule has 0 saturated carbocycles. The number of pyridine rings is 1. The number of aryl methyl sites for hydroxylation is 1. The van der Waals surface area contributed by atoms with E-state index in [2.05, 4.69) is 56.0 Å². The molecule has 174 valence electrons. The Balaban J connectivity index is 1.38. The lowest BCUT2D eigenvalue weighted by Gasteiger charge is -2.21. The second-order valence-electron chi connectivity index (χ2n) is 8.71. The summed E-state index contributed by atoms with van der Waals surface area (Å²) in [5.41, 5.74) is 5.09. The van der Waals surface area contributed by atoms with E-state index in [-0.39, 0.29) is 0 Å². The van der Waals surface area contributed by atoms with Crippen molar-refractivity contribution in [2.45, 2.75) is 26.7 Å². The average Bonchev–Trinajstić information content (AvgIpc) is 3.11. The van der Waals surface area contributed by atoms with Crippen LogP contribution in [-0.4, -0.2) is 62.5 Å². The molecule has 0 unspecified atom stereocenters. The van der Waals surface area contributed by atoms with E-state index < -0.39 is 0 Å². The molecule has 0 atom stereocenters. The molecule has 1 fully saturated rings. The lowest BCUT2D eigenvalue weighted by Crippen LogP contribution is -2.32. The van der Waals surface area contributed by atoms with Crippen LogP contribution in [0.4, 0.5) is 17.5 Å². The number of benzene rings is 1. The predicted molar refractivity (Wildman–Crippen MR) is 136 cm³/mol. The summed E-state index contributed by atoms with van der Waals surface area (Å²) in [6, 6.07) is 6.22. The summed E-state index contributed by atoms with van der Waals surface area (Å²) in [6.45, 7) is 9.71. The molecule has 0 spiro atoms. The third-order valence-corrected chi connectivity index (χ3v) is 6.27. The normalized spacial score (nSPS) is 14.8. The zero-order chi connectivity index (χ0) is 23.3. The number of fused-ring (bicyclic) bond motifs is 1. The van der Waals surface area contributed by atoms with Crippen LogP contribution in [0.1, 0.15) is 25.3 Å². The van der Waals surface area contributed by atoms with Crippen LogP contribution in [0.2, 0.25) is 0 Å². The van der Waals surface area contributed by atoms with Crippen LogP contribution in [0.25, 0.3) is 22.0 Å². The molecule has 0 radical (unpaired) electrons. The third-order valence-electron chi connectivity index (χ3n) is 6.27. The summed E-state index contributed by atoms with van der Waals surface area (Å²) in [6.07, 6.45) is 13.1. The SMILES string of the molecule is CCCN1CCCN(c2ncc(-c3cc4nccc(Nc5cnccn5)c4cc3C)cn2)CC1. The van der Waals surface area contributed by atoms with Crippen LogP contribution in [-0.2, 0) is 0 Å². The third kappa shape index (κ3) is 4.82. The van der Waals surface area contributed by atoms with Crippen LogP contribution in [0, 0.1) is 6.92 Å². The lowest BCUT2D eigenvalue weighted by molar-refractivity contribution is 0.294. The molecule has 1 aliphatic rings. The molecule has 1 N–H and O–H groups in total. The Morgan fingerprint density at radius 2 is 1.79 bits per heavy atom. The van der Waals surface area contributed by atoms with Gasteiger partial charge in [-0.3, -0.25) is 9.97 Å². The van der Waals surface area contributed by atoms with Gasteiger partial charge in [-0.1, -0.05) is 6.92 Å². The van der Waals surface area contributed by atoms with Gasteiger partial charge in [0.05, 0.1) is 17.4 Å². The summed E-state index contributed by atoms with van der Waals surface area (Å²) in [5, 5.41) is 4.38. The molecule has 8 heteroatoms. The zero-order valence-corrected chi connectivity index (χ0v) is 19.8. The van der Waals surface area contributed by atoms with Gasteiger partial charge >= 0.3 is 0 Å². The van der Waals surface area contributed by atoms with Crippen molar-refractivity contribution >= 4 is 28.4 Å². The summed E-state index contributed by atoms with van der Waals surface area (Å²) in [5.74, 6) is 1.51. The molecule has 1 aliphatic heterocycles. The predicted octanol–water partition coefficient (Wildman–Crippen LogP) is 4.46. The Hall–Kier alpha value is -3.65. The Bertz CT molecular complexity index is 1240. The van der Waals surface area contributed by atoms with Gasteiger partial charge in [-0.2, -0.15) is 0 Å². The molecule has 0 amide bonds. The molecular weight excluding hydrogens is 424 g/mol. The van der Waals surface area contributed by atoms with Gasteiger partial charge in [-0.05, 0) is 62.2 Å². The van der Waals surface area contributed by atoms with E-state index in [1.807, 2.05) is 18.5 Å². The first-order valence-electron chi connectivity index (χ1n) is 11.9. The molecule has 8 nitrogen and oxygen atoms in total. The number of rotatable bonds is 6. The molecule has 1 saturated heterocycles. The van der Waals surface area contributed by atoms with E-state index in [1.165, 1.54) is 13.0 Å². The minimum Gasteiger partial charge on any atom is -0.339 e. The summed E-state index contributed by atoms with van der Waals surface area (Å²) < 4.78 is 0. The van der Waals surface area contributed by atoms with E-state index in [0.29, 0.717) is 5.82 Å². The standard InChI is InChI=1S/C26H30N8/c1-3-9-33-10-4-11-34(13-12-33)26-30-16-20(17-31-26)21-15-24-22(14-19(21)2)23(5-6-28-24)32-25-18-27-7-8-29-25/h5-8,14-18H,3-4,9-13H2,1-2H3,(H,28,29,32). The number of anilines is 3. The molecule has 5 rings (SSSR count). The summed E-state index contributed by atoms with van der Waals surface area (Å²) in [4.78, 5) is 27.4. The largest absolute Gasteiger partial charge is 0.339 e. The molecule has 4 heterocycles. The van der Waals surface area contributed by atoms with Crippen molar-refractivity contribution in [2.75, 3.05) is 42.9 Å². The minimum atomic E-state index is 0.701. The number of nitrogens with one attached hydrogen (secondary N) is 1. The Labute approximate surface area is 200 Å². The topological polar surface area (TPSA) is 83.0 Å². The van der Waals surface area contributed by atoms with Gasteiger partial charge in [0.25, 0.3) is 0 Å². The van der Waals surface area contributed by atoms with Crippen molar-refractivity contribution in [3.05, 3.63) is 60.9 Å². The second kappa shape index (κ2) is 10.1. The van der Waals surface area contributed by atoms with Gasteiger partial charge in [0.2, 0.25) is 5.95 Å². The highest BCUT2D eigenvalue weighted by molar-refractivity contribution is 5.96. The Morgan fingerprint density at radius 3 is 2.59 bits per heavy atom. The number of aromatic nitrogens is 5. The zero-order valence-electron chi connectivity index (χ0n) is 19.8. The first-order chi connectivity index (χ1) is 16.7. The fourth-order valence-electron chi connectivity index (χ4n) is 4.56. The minimum absolute atomic E-state index is 0.701. The highest BCUT2D eigenvalue weighted by atomic mass is 15.3. The summed E-state index contributed by atoms with van der Waals surface area (Å²) in [7, 11) is 0. The van der Waals surface area contributed by atoms with Crippen molar-refractivity contribution in [3.63, 3.8) is 0 Å². The van der Waals surface area contributed by atoms with E-state index in [1.54, 1.807) is 24.8 Å². The molecule has 1 aromatic carbocycles. The Kier molecular flexibility index (Phi) is 6.58. The van der Waals surface area contributed by atoms with Gasteiger partial charge in [0.15, 0.2) is 0 Å². The van der Waals surface area contributed by atoms with E-state index >= 15 is 0 Å². The maximum atomic E-state index is 4.73. The van der Waals surface area contributed by atoms with E-state index in [9.17, 15) is 0 Å². The summed E-state index contributed by atoms with van der Waals surface area (Å²) >= 11 is 0. The van der Waals surface area contributed by atoms with Crippen LogP contribution in [0.5, 0.6) is 0 Å². The first-order valence-corrected chi connectivity index (χ1v) is 11.9. The number of hydrogen-bond donors (Lipinski definition) is 1. The maximum Gasteiger partial charge on any atom is 0.225 e. The van der Waals surface area contributed by atoms with Crippen LogP contribution >= 0.6 is 0 Å². The van der Waals surface area contributed by atoms with Crippen LogP contribution < -0.4 is 10.2 Å². The fourth-order valence-corrected chi connectivity index (χ4v) is 4.56. The van der Waals surface area contributed by atoms with Crippen molar-refractivity contribution in [1.82, 2.24) is 29.8 Å². The monoisotopic (exact) mass is 454 g/mol. The molecule has 4 aromatic rings. The van der Waals surface area contributed by atoms with E-state index in [4.69, 9.17) is 9.97 Å². The van der Waals surface area contributed by atoms with Gasteiger partial charge < -0.3 is 15.1 Å². The highest BCUT2D eigenvalue weighted by Crippen LogP contribution is 2.31. The molecular formula is C26H30N8. The van der Waals surface area contributed by atoms with Gasteiger partial charge in [-0.15, -0.1) is 0 Å². The molecule has 3 aromatic heterocycles. The smallest absolute Gasteiger partial charge is 0.225 e. The van der Waals surface area contributed by atoms with Gasteiger partial charge in [0.1, 0.15) is 5.82 Å². The average molecular weight is 455 g/mol. The lowest BCUT2D eigenvalue weighted by atomic mass is 10.00. The van der Waals surface area contributed by atoms with Crippen LogP contribution in [0.15, 0.2) is 55.4 Å². The maximum absolute atomic E-state index is 4.73. The molecule has 0 bridgehead atoms. The molecule has 0 aliphatic carbocycles. The van der Waals surface area contributed by atoms with Gasteiger partial charge in [0, 0.05) is 61.6 Å². The van der Waals surface area contributed by atoms with E-state index in [0.717, 1.165) is 71.8 Å². The van der Waals surface area contributed by atoms with Crippen molar-refractivity contribution in [1.29, 1.82) is 0 Å². The highest BCUT2D eigenvalue weighted by Gasteiger charge is 2.17. The quantitative estimate of drug-likeness (QED) is 0.457. The van der Waals surface area contributed by atoms with Crippen molar-refractivity contribution in [2.24, 2.45) is 0 Å². The van der Waals surface area contributed by atoms with Crippen molar-refractivity contribution < 1.29 is 0 Å².